The van der Waals surface area contributed by atoms with Crippen molar-refractivity contribution >= 4 is 17.7 Å². The molecule has 7 heteroatoms. The highest BCUT2D eigenvalue weighted by Crippen LogP contribution is 2.36. The fourth-order valence-electron chi connectivity index (χ4n) is 4.72. The maximum Gasteiger partial charge on any atom is 0.411 e. The predicted octanol–water partition coefficient (Wildman–Crippen LogP) is 5.74. The van der Waals surface area contributed by atoms with Crippen molar-refractivity contribution in [3.63, 3.8) is 0 Å². The van der Waals surface area contributed by atoms with E-state index in [-0.39, 0.29) is 24.6 Å². The van der Waals surface area contributed by atoms with Crippen LogP contribution < -0.4 is 5.32 Å². The van der Waals surface area contributed by atoms with Gasteiger partial charge in [0.15, 0.2) is 0 Å². The Morgan fingerprint density at radius 1 is 0.973 bits per heavy atom. The smallest absolute Gasteiger partial charge is 0.411 e. The number of pyridine rings is 1. The quantitative estimate of drug-likeness (QED) is 0.438. The lowest BCUT2D eigenvalue weighted by Crippen LogP contribution is -2.44. The Morgan fingerprint density at radius 3 is 2.46 bits per heavy atom. The number of benzene rings is 2. The monoisotopic (exact) mass is 494 g/mol. The normalized spacial score (nSPS) is 18.3. The largest absolute Gasteiger partial charge is 0.444 e. The molecule has 0 saturated heterocycles. The molecule has 1 aromatic heterocycles. The molecule has 0 radical (unpaired) electrons. The van der Waals surface area contributed by atoms with Crippen LogP contribution in [0.1, 0.15) is 48.0 Å². The van der Waals surface area contributed by atoms with Crippen LogP contribution in [0.2, 0.25) is 0 Å². The van der Waals surface area contributed by atoms with Crippen LogP contribution in [0.5, 0.6) is 0 Å². The average molecular weight is 495 g/mol. The summed E-state index contributed by atoms with van der Waals surface area (Å²) in [5, 5.41) is 11.1. The van der Waals surface area contributed by atoms with Gasteiger partial charge in [-0.25, -0.2) is 4.79 Å². The van der Waals surface area contributed by atoms with E-state index in [2.05, 4.69) is 10.3 Å². The molecular formula is C30H30N4O3. The van der Waals surface area contributed by atoms with Crippen LogP contribution in [-0.2, 0) is 11.3 Å². The standard InChI is InChI=1S/C30H30N4O3/c31-28-15-14-27(17-25(28)19-33-30(36)37-20-21-5-2-1-3-6-21)34(26-12-13-26)29(35)23-10-8-22(9-11-23)24-7-4-16-32-18-24/h1-11,16,18-19,26-27,31H,12-15,17,20H2,(H,33,36)/b25-19-,31-28?. The number of ether oxygens (including phenoxy) is 1. The summed E-state index contributed by atoms with van der Waals surface area (Å²) in [5.41, 5.74) is 4.82. The number of hydrogen-bond acceptors (Lipinski definition) is 5. The Bertz CT molecular complexity index is 1290. The second-order valence-electron chi connectivity index (χ2n) is 9.51. The SMILES string of the molecule is N=C1CCC(N(C(=O)c2ccc(-c3cccnc3)cc2)C2CC2)C/C1=C/NC(=O)OCc1ccccc1. The van der Waals surface area contributed by atoms with Gasteiger partial charge in [-0.1, -0.05) is 48.5 Å². The van der Waals surface area contributed by atoms with Gasteiger partial charge in [-0.3, -0.25) is 15.1 Å². The van der Waals surface area contributed by atoms with E-state index in [1.54, 1.807) is 12.4 Å². The number of carbonyl (C=O) groups is 2. The fourth-order valence-corrected chi connectivity index (χ4v) is 4.72. The zero-order valence-corrected chi connectivity index (χ0v) is 20.6. The second-order valence-corrected chi connectivity index (χ2v) is 9.51. The van der Waals surface area contributed by atoms with Crippen molar-refractivity contribution in [3.8, 4) is 11.1 Å². The summed E-state index contributed by atoms with van der Waals surface area (Å²) >= 11 is 0. The molecule has 37 heavy (non-hydrogen) atoms. The van der Waals surface area contributed by atoms with E-state index in [1.165, 1.54) is 0 Å². The van der Waals surface area contributed by atoms with E-state index in [9.17, 15) is 9.59 Å². The summed E-state index contributed by atoms with van der Waals surface area (Å²) in [6.45, 7) is 0.180. The molecule has 7 nitrogen and oxygen atoms in total. The summed E-state index contributed by atoms with van der Waals surface area (Å²) in [4.78, 5) is 32.0. The van der Waals surface area contributed by atoms with Crippen molar-refractivity contribution in [1.29, 1.82) is 5.41 Å². The Kier molecular flexibility index (Phi) is 7.40. The number of nitrogens with zero attached hydrogens (tertiary/aromatic N) is 2. The van der Waals surface area contributed by atoms with Crippen molar-refractivity contribution in [2.75, 3.05) is 0 Å². The van der Waals surface area contributed by atoms with E-state index in [0.717, 1.165) is 41.5 Å². The van der Waals surface area contributed by atoms with Gasteiger partial charge in [-0.15, -0.1) is 0 Å². The van der Waals surface area contributed by atoms with E-state index < -0.39 is 6.09 Å². The van der Waals surface area contributed by atoms with Crippen LogP contribution in [0.25, 0.3) is 11.1 Å². The molecule has 0 bridgehead atoms. The van der Waals surface area contributed by atoms with E-state index in [4.69, 9.17) is 10.1 Å². The molecule has 2 saturated carbocycles. The number of aromatic nitrogens is 1. The van der Waals surface area contributed by atoms with Gasteiger partial charge >= 0.3 is 6.09 Å². The molecular weight excluding hydrogens is 464 g/mol. The maximum absolute atomic E-state index is 13.6. The molecule has 1 unspecified atom stereocenters. The molecule has 2 N–H and O–H groups in total. The second kappa shape index (κ2) is 11.2. The summed E-state index contributed by atoms with van der Waals surface area (Å²) in [7, 11) is 0. The van der Waals surface area contributed by atoms with Crippen LogP contribution in [-0.4, -0.2) is 39.7 Å². The number of rotatable bonds is 7. The molecule has 3 aromatic rings. The van der Waals surface area contributed by atoms with Crippen molar-refractivity contribution in [2.45, 2.75) is 50.8 Å². The molecule has 2 aromatic carbocycles. The highest BCUT2D eigenvalue weighted by Gasteiger charge is 2.39. The van der Waals surface area contributed by atoms with Gasteiger partial charge in [0.25, 0.3) is 5.91 Å². The lowest BCUT2D eigenvalue weighted by atomic mass is 9.88. The number of hydrogen-bond donors (Lipinski definition) is 2. The lowest BCUT2D eigenvalue weighted by Gasteiger charge is -2.36. The number of carbonyl (C=O) groups excluding carboxylic acids is 2. The first-order valence-electron chi connectivity index (χ1n) is 12.7. The Labute approximate surface area is 216 Å². The van der Waals surface area contributed by atoms with Crippen molar-refractivity contribution in [3.05, 3.63) is 102 Å². The van der Waals surface area contributed by atoms with Crippen LogP contribution in [0.4, 0.5) is 4.79 Å². The minimum atomic E-state index is -0.560. The number of alkyl carbamates (subject to hydrolysis) is 1. The summed E-state index contributed by atoms with van der Waals surface area (Å²) in [6, 6.07) is 21.3. The van der Waals surface area contributed by atoms with Crippen LogP contribution >= 0.6 is 0 Å². The summed E-state index contributed by atoms with van der Waals surface area (Å²) in [6.07, 6.45) is 8.39. The minimum absolute atomic E-state index is 0.0134. The summed E-state index contributed by atoms with van der Waals surface area (Å²) in [5.74, 6) is 0.0215. The molecule has 2 fully saturated rings. The van der Waals surface area contributed by atoms with Gasteiger partial charge in [-0.2, -0.15) is 0 Å². The number of amides is 2. The molecule has 0 aliphatic heterocycles. The molecule has 188 valence electrons. The topological polar surface area (TPSA) is 95.4 Å². The zero-order valence-electron chi connectivity index (χ0n) is 20.6. The Hall–Kier alpha value is -4.26. The molecule has 5 rings (SSSR count). The van der Waals surface area contributed by atoms with Crippen LogP contribution in [0, 0.1) is 5.41 Å². The molecule has 2 amide bonds. The molecule has 2 aliphatic carbocycles. The third-order valence-electron chi connectivity index (χ3n) is 6.84. The minimum Gasteiger partial charge on any atom is -0.444 e. The first-order valence-corrected chi connectivity index (χ1v) is 12.7. The Morgan fingerprint density at radius 2 is 1.76 bits per heavy atom. The van der Waals surface area contributed by atoms with Crippen molar-refractivity contribution in [1.82, 2.24) is 15.2 Å². The van der Waals surface area contributed by atoms with E-state index >= 15 is 0 Å². The molecule has 1 heterocycles. The van der Waals surface area contributed by atoms with Gasteiger partial charge in [0, 0.05) is 42.0 Å². The fraction of sp³-hybridized carbons (Fsp3) is 0.267. The first-order chi connectivity index (χ1) is 18.1. The number of nitrogens with one attached hydrogen (secondary N) is 2. The van der Waals surface area contributed by atoms with Gasteiger partial charge in [0.2, 0.25) is 0 Å². The van der Waals surface area contributed by atoms with E-state index in [0.29, 0.717) is 24.1 Å². The van der Waals surface area contributed by atoms with Gasteiger partial charge in [-0.05, 0) is 72.6 Å². The Balaban J connectivity index is 1.24. The molecule has 2 aliphatic rings. The zero-order chi connectivity index (χ0) is 25.6. The maximum atomic E-state index is 13.6. The summed E-state index contributed by atoms with van der Waals surface area (Å²) < 4.78 is 5.28. The van der Waals surface area contributed by atoms with Crippen molar-refractivity contribution < 1.29 is 14.3 Å². The first kappa shape index (κ1) is 24.4. The van der Waals surface area contributed by atoms with Crippen LogP contribution in [0.3, 0.4) is 0 Å². The molecule has 0 spiro atoms. The van der Waals surface area contributed by atoms with Crippen LogP contribution in [0.15, 0.2) is 90.9 Å². The third-order valence-corrected chi connectivity index (χ3v) is 6.84. The average Bonchev–Trinajstić information content (AvgIpc) is 3.78. The lowest BCUT2D eigenvalue weighted by molar-refractivity contribution is 0.0647. The predicted molar refractivity (Wildman–Crippen MR) is 142 cm³/mol. The van der Waals surface area contributed by atoms with Gasteiger partial charge in [0.05, 0.1) is 0 Å². The van der Waals surface area contributed by atoms with Gasteiger partial charge < -0.3 is 15.0 Å². The highest BCUT2D eigenvalue weighted by molar-refractivity contribution is 6.00. The van der Waals surface area contributed by atoms with Crippen molar-refractivity contribution in [2.24, 2.45) is 0 Å². The molecule has 1 atom stereocenters. The third kappa shape index (κ3) is 6.12. The van der Waals surface area contributed by atoms with E-state index in [1.807, 2.05) is 77.8 Å². The highest BCUT2D eigenvalue weighted by atomic mass is 16.5. The van der Waals surface area contributed by atoms with Gasteiger partial charge in [0.1, 0.15) is 6.61 Å².